The number of aryl methyl sites for hydroxylation is 1. The van der Waals surface area contributed by atoms with Crippen LogP contribution in [-0.4, -0.2) is 23.4 Å². The predicted molar refractivity (Wildman–Crippen MR) is 84.4 cm³/mol. The number of rotatable bonds is 5. The highest BCUT2D eigenvalue weighted by Crippen LogP contribution is 2.12. The van der Waals surface area contributed by atoms with Crippen LogP contribution in [0.5, 0.6) is 0 Å². The predicted octanol–water partition coefficient (Wildman–Crippen LogP) is 2.12. The second kappa shape index (κ2) is 5.99. The van der Waals surface area contributed by atoms with Gasteiger partial charge < -0.3 is 0 Å². The van der Waals surface area contributed by atoms with Crippen LogP contribution in [0.25, 0.3) is 5.69 Å². The molecule has 0 aliphatic carbocycles. The van der Waals surface area contributed by atoms with Crippen LogP contribution in [0.15, 0.2) is 52.2 Å². The quantitative estimate of drug-likeness (QED) is 0.775. The summed E-state index contributed by atoms with van der Waals surface area (Å²) in [6.07, 6.45) is 1.71. The highest BCUT2D eigenvalue weighted by Gasteiger charge is 2.14. The van der Waals surface area contributed by atoms with Gasteiger partial charge in [-0.25, -0.2) is 17.8 Å². The summed E-state index contributed by atoms with van der Waals surface area (Å²) < 4.78 is 28.5. The molecule has 1 aromatic carbocycles. The molecule has 0 atom stereocenters. The van der Waals surface area contributed by atoms with Gasteiger partial charge in [-0.3, -0.25) is 0 Å². The van der Waals surface area contributed by atoms with E-state index in [0.717, 1.165) is 11.3 Å². The fourth-order valence-corrected chi connectivity index (χ4v) is 3.48. The Kier molecular flexibility index (Phi) is 4.06. The summed E-state index contributed by atoms with van der Waals surface area (Å²) >= 11 is 1.56. The van der Waals surface area contributed by atoms with Crippen molar-refractivity contribution in [1.82, 2.24) is 19.7 Å². The van der Waals surface area contributed by atoms with Gasteiger partial charge in [0.1, 0.15) is 0 Å². The van der Waals surface area contributed by atoms with Crippen LogP contribution in [0, 0.1) is 6.92 Å². The van der Waals surface area contributed by atoms with Gasteiger partial charge in [-0.1, -0.05) is 22.9 Å². The van der Waals surface area contributed by atoms with E-state index >= 15 is 0 Å². The van der Waals surface area contributed by atoms with Crippen LogP contribution in [0.3, 0.4) is 0 Å². The average molecular weight is 334 g/mol. The van der Waals surface area contributed by atoms with Gasteiger partial charge in [0.15, 0.2) is 0 Å². The molecule has 0 bridgehead atoms. The fraction of sp³-hybridized carbons (Fsp3) is 0.143. The van der Waals surface area contributed by atoms with E-state index in [0.29, 0.717) is 5.69 Å². The Hall–Kier alpha value is -2.03. The highest BCUT2D eigenvalue weighted by molar-refractivity contribution is 7.89. The molecule has 3 aromatic rings. The molecule has 0 fully saturated rings. The molecule has 2 aromatic heterocycles. The van der Waals surface area contributed by atoms with Crippen LogP contribution in [0.2, 0.25) is 0 Å². The Morgan fingerprint density at radius 1 is 1.23 bits per heavy atom. The van der Waals surface area contributed by atoms with Gasteiger partial charge in [0.2, 0.25) is 10.0 Å². The summed E-state index contributed by atoms with van der Waals surface area (Å²) in [5.41, 5.74) is 2.48. The van der Waals surface area contributed by atoms with Crippen molar-refractivity contribution in [2.24, 2.45) is 0 Å². The van der Waals surface area contributed by atoms with Gasteiger partial charge in [-0.2, -0.15) is 11.3 Å². The van der Waals surface area contributed by atoms with Crippen LogP contribution in [0.1, 0.15) is 11.3 Å². The maximum absolute atomic E-state index is 12.2. The zero-order valence-electron chi connectivity index (χ0n) is 11.8. The lowest BCUT2D eigenvalue weighted by Crippen LogP contribution is -2.23. The molecular weight excluding hydrogens is 320 g/mol. The van der Waals surface area contributed by atoms with Gasteiger partial charge in [0.25, 0.3) is 0 Å². The largest absolute Gasteiger partial charge is 0.240 e. The molecule has 0 saturated carbocycles. The Bertz CT molecular complexity index is 853. The van der Waals surface area contributed by atoms with Crippen molar-refractivity contribution in [2.45, 2.75) is 18.4 Å². The lowest BCUT2D eigenvalue weighted by molar-refractivity contribution is 0.580. The molecule has 3 rings (SSSR count). The first-order chi connectivity index (χ1) is 10.5. The average Bonchev–Trinajstić information content (AvgIpc) is 3.17. The molecule has 0 spiro atoms. The molecule has 0 aliphatic heterocycles. The zero-order chi connectivity index (χ0) is 15.6. The van der Waals surface area contributed by atoms with Crippen molar-refractivity contribution in [1.29, 1.82) is 0 Å². The van der Waals surface area contributed by atoms with Gasteiger partial charge in [-0.15, -0.1) is 5.10 Å². The molecule has 1 N–H and O–H groups in total. The fourth-order valence-electron chi connectivity index (χ4n) is 1.86. The Morgan fingerprint density at radius 2 is 2.00 bits per heavy atom. The first kappa shape index (κ1) is 14.9. The molecule has 0 unspecified atom stereocenters. The topological polar surface area (TPSA) is 76.9 Å². The van der Waals surface area contributed by atoms with Gasteiger partial charge >= 0.3 is 0 Å². The summed E-state index contributed by atoms with van der Waals surface area (Å²) in [6.45, 7) is 2.01. The molecular formula is C14H14N4O2S2. The third kappa shape index (κ3) is 3.24. The molecule has 8 heteroatoms. The number of aromatic nitrogens is 3. The minimum atomic E-state index is -3.54. The van der Waals surface area contributed by atoms with Gasteiger partial charge in [-0.05, 0) is 30.5 Å². The van der Waals surface area contributed by atoms with E-state index in [-0.39, 0.29) is 11.4 Å². The first-order valence-electron chi connectivity index (χ1n) is 6.55. The third-order valence-electron chi connectivity index (χ3n) is 3.09. The molecule has 22 heavy (non-hydrogen) atoms. The summed E-state index contributed by atoms with van der Waals surface area (Å²) in [5, 5.41) is 11.8. The summed E-state index contributed by atoms with van der Waals surface area (Å²) in [7, 11) is -3.54. The standard InChI is InChI=1S/C14H14N4O2S2/c1-11-2-4-14(5-3-11)22(19,20)15-8-12-9-18(17-16-12)13-6-7-21-10-13/h2-7,9-10,15H,8H2,1H3. The maximum atomic E-state index is 12.2. The van der Waals surface area contributed by atoms with Crippen LogP contribution >= 0.6 is 11.3 Å². The third-order valence-corrected chi connectivity index (χ3v) is 5.17. The Labute approximate surface area is 132 Å². The number of benzene rings is 1. The Balaban J connectivity index is 1.71. The summed E-state index contributed by atoms with van der Waals surface area (Å²) in [5.74, 6) is 0. The van der Waals surface area contributed by atoms with Crippen molar-refractivity contribution in [3.05, 3.63) is 58.5 Å². The number of sulfonamides is 1. The van der Waals surface area contributed by atoms with E-state index in [9.17, 15) is 8.42 Å². The van der Waals surface area contributed by atoms with E-state index in [4.69, 9.17) is 0 Å². The number of nitrogens with zero attached hydrogens (tertiary/aromatic N) is 3. The lowest BCUT2D eigenvalue weighted by atomic mass is 10.2. The van der Waals surface area contributed by atoms with E-state index in [1.807, 2.05) is 23.8 Å². The van der Waals surface area contributed by atoms with E-state index in [1.54, 1.807) is 46.5 Å². The molecule has 0 saturated heterocycles. The van der Waals surface area contributed by atoms with Crippen LogP contribution in [0.4, 0.5) is 0 Å². The summed E-state index contributed by atoms with van der Waals surface area (Å²) in [6, 6.07) is 8.61. The van der Waals surface area contributed by atoms with Crippen molar-refractivity contribution in [3.8, 4) is 5.69 Å². The number of nitrogens with one attached hydrogen (secondary N) is 1. The molecule has 0 aliphatic rings. The Morgan fingerprint density at radius 3 is 2.68 bits per heavy atom. The second-order valence-electron chi connectivity index (χ2n) is 4.77. The normalized spacial score (nSPS) is 11.7. The molecule has 2 heterocycles. The lowest BCUT2D eigenvalue weighted by Gasteiger charge is -2.05. The summed E-state index contributed by atoms with van der Waals surface area (Å²) in [4.78, 5) is 0.239. The van der Waals surface area contributed by atoms with Gasteiger partial charge in [0, 0.05) is 5.38 Å². The zero-order valence-corrected chi connectivity index (χ0v) is 13.4. The monoisotopic (exact) mass is 334 g/mol. The maximum Gasteiger partial charge on any atom is 0.240 e. The molecule has 114 valence electrons. The number of thiophene rings is 1. The molecule has 6 nitrogen and oxygen atoms in total. The minimum Gasteiger partial charge on any atom is -0.220 e. The number of hydrogen-bond acceptors (Lipinski definition) is 5. The van der Waals surface area contributed by atoms with Crippen molar-refractivity contribution < 1.29 is 8.42 Å². The smallest absolute Gasteiger partial charge is 0.220 e. The van der Waals surface area contributed by atoms with Crippen molar-refractivity contribution >= 4 is 21.4 Å². The SMILES string of the molecule is Cc1ccc(S(=O)(=O)NCc2cn(-c3ccsc3)nn2)cc1. The van der Waals surface area contributed by atoms with E-state index in [1.165, 1.54) is 0 Å². The second-order valence-corrected chi connectivity index (χ2v) is 7.32. The van der Waals surface area contributed by atoms with Crippen LogP contribution in [-0.2, 0) is 16.6 Å². The highest BCUT2D eigenvalue weighted by atomic mass is 32.2. The molecule has 0 amide bonds. The number of hydrogen-bond donors (Lipinski definition) is 1. The van der Waals surface area contributed by atoms with Crippen LogP contribution < -0.4 is 4.72 Å². The van der Waals surface area contributed by atoms with Crippen molar-refractivity contribution in [2.75, 3.05) is 0 Å². The first-order valence-corrected chi connectivity index (χ1v) is 8.97. The van der Waals surface area contributed by atoms with E-state index in [2.05, 4.69) is 15.0 Å². The van der Waals surface area contributed by atoms with E-state index < -0.39 is 10.0 Å². The van der Waals surface area contributed by atoms with Crippen molar-refractivity contribution in [3.63, 3.8) is 0 Å². The van der Waals surface area contributed by atoms with Gasteiger partial charge in [0.05, 0.1) is 29.0 Å². The minimum absolute atomic E-state index is 0.0976. The molecule has 0 radical (unpaired) electrons.